The Morgan fingerprint density at radius 1 is 1.28 bits per heavy atom. The molecule has 2 nitrogen and oxygen atoms in total. The van der Waals surface area contributed by atoms with E-state index in [9.17, 15) is 9.18 Å². The number of hydrogen-bond acceptors (Lipinski definition) is 1. The second-order valence-corrected chi connectivity index (χ2v) is 4.71. The summed E-state index contributed by atoms with van der Waals surface area (Å²) in [6, 6.07) is 8.11. The summed E-state index contributed by atoms with van der Waals surface area (Å²) < 4.78 is 14.9. The van der Waals surface area contributed by atoms with Crippen LogP contribution >= 0.6 is 15.9 Å². The highest BCUT2D eigenvalue weighted by molar-refractivity contribution is 9.09. The zero-order valence-electron chi connectivity index (χ0n) is 10.2. The Labute approximate surface area is 114 Å². The van der Waals surface area contributed by atoms with Gasteiger partial charge in [0.1, 0.15) is 5.82 Å². The van der Waals surface area contributed by atoms with Crippen LogP contribution in [0, 0.1) is 19.7 Å². The highest BCUT2D eigenvalue weighted by atomic mass is 79.9. The van der Waals surface area contributed by atoms with Gasteiger partial charge in [-0.25, -0.2) is 4.39 Å². The van der Waals surface area contributed by atoms with Crippen LogP contribution in [0.4, 0.5) is 4.39 Å². The molecule has 18 heavy (non-hydrogen) atoms. The van der Waals surface area contributed by atoms with Crippen LogP contribution in [0.1, 0.15) is 21.7 Å². The number of alkyl halides is 1. The molecule has 0 fully saturated rings. The van der Waals surface area contributed by atoms with Crippen LogP contribution in [-0.4, -0.2) is 15.7 Å². The molecule has 0 amide bonds. The number of halogens is 2. The van der Waals surface area contributed by atoms with Crippen molar-refractivity contribution in [2.24, 2.45) is 0 Å². The lowest BCUT2D eigenvalue weighted by Gasteiger charge is -2.09. The highest BCUT2D eigenvalue weighted by Crippen LogP contribution is 2.21. The van der Waals surface area contributed by atoms with E-state index in [1.54, 1.807) is 12.1 Å². The van der Waals surface area contributed by atoms with E-state index >= 15 is 0 Å². The first-order valence-electron chi connectivity index (χ1n) is 5.58. The van der Waals surface area contributed by atoms with Gasteiger partial charge in [-0.3, -0.25) is 4.79 Å². The SMILES string of the molecule is Cc1cc(C(=O)CBr)c(C)n1-c1ccc(F)cc1. The Bertz CT molecular complexity index is 587. The van der Waals surface area contributed by atoms with Crippen molar-refractivity contribution in [2.45, 2.75) is 13.8 Å². The molecule has 0 aliphatic rings. The molecule has 0 N–H and O–H groups in total. The Kier molecular flexibility index (Phi) is 3.66. The number of rotatable bonds is 3. The maximum atomic E-state index is 12.9. The van der Waals surface area contributed by atoms with Crippen molar-refractivity contribution in [2.75, 3.05) is 5.33 Å². The minimum atomic E-state index is -0.266. The van der Waals surface area contributed by atoms with Gasteiger partial charge in [0.05, 0.1) is 5.33 Å². The van der Waals surface area contributed by atoms with Gasteiger partial charge >= 0.3 is 0 Å². The first-order chi connectivity index (χ1) is 8.54. The average Bonchev–Trinajstić information content (AvgIpc) is 2.65. The van der Waals surface area contributed by atoms with Gasteiger partial charge in [0.2, 0.25) is 0 Å². The summed E-state index contributed by atoms with van der Waals surface area (Å²) in [5.41, 5.74) is 3.40. The van der Waals surface area contributed by atoms with Crippen molar-refractivity contribution in [3.63, 3.8) is 0 Å². The molecule has 0 saturated heterocycles. The van der Waals surface area contributed by atoms with Gasteiger partial charge in [-0.1, -0.05) is 15.9 Å². The average molecular weight is 310 g/mol. The molecule has 4 heteroatoms. The molecular formula is C14H13BrFNO. The van der Waals surface area contributed by atoms with E-state index in [0.717, 1.165) is 17.1 Å². The topological polar surface area (TPSA) is 22.0 Å². The van der Waals surface area contributed by atoms with Crippen molar-refractivity contribution in [1.82, 2.24) is 4.57 Å². The number of benzene rings is 1. The zero-order chi connectivity index (χ0) is 13.3. The summed E-state index contributed by atoms with van der Waals surface area (Å²) in [5, 5.41) is 0.306. The van der Waals surface area contributed by atoms with Gasteiger partial charge < -0.3 is 4.57 Å². The molecule has 0 bridgehead atoms. The lowest BCUT2D eigenvalue weighted by Crippen LogP contribution is -2.04. The molecule has 2 aromatic rings. The quantitative estimate of drug-likeness (QED) is 0.624. The predicted molar refractivity (Wildman–Crippen MR) is 73.3 cm³/mol. The minimum absolute atomic E-state index is 0.0523. The third kappa shape index (κ3) is 2.25. The number of hydrogen-bond donors (Lipinski definition) is 0. The van der Waals surface area contributed by atoms with Crippen molar-refractivity contribution in [1.29, 1.82) is 0 Å². The van der Waals surface area contributed by atoms with E-state index in [2.05, 4.69) is 15.9 Å². The van der Waals surface area contributed by atoms with E-state index in [1.165, 1.54) is 12.1 Å². The Hall–Kier alpha value is -1.42. The lowest BCUT2D eigenvalue weighted by atomic mass is 10.2. The van der Waals surface area contributed by atoms with E-state index in [1.807, 2.05) is 24.5 Å². The van der Waals surface area contributed by atoms with Crippen LogP contribution in [0.15, 0.2) is 30.3 Å². The minimum Gasteiger partial charge on any atom is -0.318 e. The van der Waals surface area contributed by atoms with Gasteiger partial charge in [0.15, 0.2) is 5.78 Å². The lowest BCUT2D eigenvalue weighted by molar-refractivity contribution is 0.102. The van der Waals surface area contributed by atoms with Crippen molar-refractivity contribution in [3.05, 3.63) is 53.1 Å². The number of aromatic nitrogens is 1. The molecular weight excluding hydrogens is 297 g/mol. The molecule has 1 aromatic heterocycles. The molecule has 1 aromatic carbocycles. The van der Waals surface area contributed by atoms with E-state index in [-0.39, 0.29) is 11.6 Å². The second kappa shape index (κ2) is 5.06. The summed E-state index contributed by atoms with van der Waals surface area (Å²) in [6.45, 7) is 3.83. The Morgan fingerprint density at radius 3 is 2.44 bits per heavy atom. The third-order valence-electron chi connectivity index (χ3n) is 2.94. The number of aryl methyl sites for hydroxylation is 1. The molecule has 0 aliphatic carbocycles. The monoisotopic (exact) mass is 309 g/mol. The maximum absolute atomic E-state index is 12.9. The summed E-state index contributed by atoms with van der Waals surface area (Å²) in [6.07, 6.45) is 0. The molecule has 1 heterocycles. The van der Waals surface area contributed by atoms with Crippen LogP contribution in [0.25, 0.3) is 5.69 Å². The molecule has 0 unspecified atom stereocenters. The number of ketones is 1. The van der Waals surface area contributed by atoms with Crippen LogP contribution in [0.2, 0.25) is 0 Å². The van der Waals surface area contributed by atoms with Gasteiger partial charge in [-0.15, -0.1) is 0 Å². The van der Waals surface area contributed by atoms with Crippen LogP contribution < -0.4 is 0 Å². The fourth-order valence-electron chi connectivity index (χ4n) is 2.10. The van der Waals surface area contributed by atoms with Crippen LogP contribution in [0.3, 0.4) is 0 Å². The molecule has 0 spiro atoms. The number of nitrogens with zero attached hydrogens (tertiary/aromatic N) is 1. The normalized spacial score (nSPS) is 10.7. The zero-order valence-corrected chi connectivity index (χ0v) is 11.8. The van der Waals surface area contributed by atoms with Gasteiger partial charge in [0, 0.05) is 22.6 Å². The Morgan fingerprint density at radius 2 is 1.89 bits per heavy atom. The van der Waals surface area contributed by atoms with Crippen molar-refractivity contribution < 1.29 is 9.18 Å². The fourth-order valence-corrected chi connectivity index (χ4v) is 2.41. The number of carbonyl (C=O) groups excluding carboxylic acids is 1. The third-order valence-corrected chi connectivity index (χ3v) is 3.45. The first kappa shape index (κ1) is 13.0. The molecule has 0 saturated carbocycles. The number of carbonyl (C=O) groups is 1. The molecule has 0 radical (unpaired) electrons. The molecule has 0 aliphatic heterocycles. The van der Waals surface area contributed by atoms with Crippen molar-refractivity contribution >= 4 is 21.7 Å². The summed E-state index contributed by atoms with van der Waals surface area (Å²) in [5.74, 6) is -0.213. The fraction of sp³-hybridized carbons (Fsp3) is 0.214. The van der Waals surface area contributed by atoms with Crippen LogP contribution in [-0.2, 0) is 0 Å². The standard InChI is InChI=1S/C14H13BrFNO/c1-9-7-13(14(18)8-15)10(2)17(9)12-5-3-11(16)4-6-12/h3-7H,8H2,1-2H3. The van der Waals surface area contributed by atoms with E-state index < -0.39 is 0 Å². The summed E-state index contributed by atoms with van der Waals surface area (Å²) in [4.78, 5) is 11.8. The largest absolute Gasteiger partial charge is 0.318 e. The highest BCUT2D eigenvalue weighted by Gasteiger charge is 2.15. The molecule has 2 rings (SSSR count). The smallest absolute Gasteiger partial charge is 0.175 e. The van der Waals surface area contributed by atoms with E-state index in [0.29, 0.717) is 10.9 Å². The van der Waals surface area contributed by atoms with Gasteiger partial charge in [-0.2, -0.15) is 0 Å². The number of Topliss-reactive ketones (excluding diaryl/α,β-unsaturated/α-hetero) is 1. The molecule has 0 atom stereocenters. The van der Waals surface area contributed by atoms with Gasteiger partial charge in [-0.05, 0) is 44.2 Å². The molecule has 94 valence electrons. The van der Waals surface area contributed by atoms with Crippen molar-refractivity contribution in [3.8, 4) is 5.69 Å². The predicted octanol–water partition coefficient (Wildman–Crippen LogP) is 3.81. The summed E-state index contributed by atoms with van der Waals surface area (Å²) >= 11 is 3.18. The Balaban J connectivity index is 2.55. The maximum Gasteiger partial charge on any atom is 0.175 e. The first-order valence-corrected chi connectivity index (χ1v) is 6.70. The second-order valence-electron chi connectivity index (χ2n) is 4.15. The van der Waals surface area contributed by atoms with E-state index in [4.69, 9.17) is 0 Å². The summed E-state index contributed by atoms with van der Waals surface area (Å²) in [7, 11) is 0. The van der Waals surface area contributed by atoms with Gasteiger partial charge in [0.25, 0.3) is 0 Å². The van der Waals surface area contributed by atoms with Crippen LogP contribution in [0.5, 0.6) is 0 Å².